The van der Waals surface area contributed by atoms with Crippen LogP contribution < -0.4 is 16.0 Å². The maximum absolute atomic E-state index is 11.6. The van der Waals surface area contributed by atoms with Crippen molar-refractivity contribution < 1.29 is 9.53 Å². The second-order valence-electron chi connectivity index (χ2n) is 7.46. The fourth-order valence-electron chi connectivity index (χ4n) is 3.79. The molecule has 0 aromatic carbocycles. The van der Waals surface area contributed by atoms with Crippen molar-refractivity contribution in [2.45, 2.75) is 33.2 Å². The predicted molar refractivity (Wildman–Crippen MR) is 118 cm³/mol. The molecule has 4 heterocycles. The highest BCUT2D eigenvalue weighted by Crippen LogP contribution is 2.30. The molecule has 3 N–H and O–H groups in total. The fraction of sp³-hybridized carbons (Fsp3) is 0.476. The van der Waals surface area contributed by atoms with Crippen LogP contribution in [0.15, 0.2) is 24.4 Å². The van der Waals surface area contributed by atoms with Crippen LogP contribution in [-0.4, -0.2) is 56.9 Å². The van der Waals surface area contributed by atoms with Crippen LogP contribution in [0.25, 0.3) is 11.0 Å². The molecule has 31 heavy (non-hydrogen) atoms. The molecule has 0 unspecified atom stereocenters. The average molecular weight is 425 g/mol. The summed E-state index contributed by atoms with van der Waals surface area (Å²) in [6.45, 7) is 7.02. The number of nitrogens with zero attached hydrogens (tertiary/aromatic N) is 6. The van der Waals surface area contributed by atoms with Crippen molar-refractivity contribution in [3.8, 4) is 0 Å². The molecule has 164 valence electrons. The largest absolute Gasteiger partial charge is 0.380 e. The van der Waals surface area contributed by atoms with E-state index in [1.54, 1.807) is 6.20 Å². The van der Waals surface area contributed by atoms with Crippen LogP contribution in [0.4, 0.5) is 17.6 Å². The molecule has 1 aliphatic rings. The van der Waals surface area contributed by atoms with Gasteiger partial charge >= 0.3 is 0 Å². The lowest BCUT2D eigenvalue weighted by Crippen LogP contribution is -2.28. The Morgan fingerprint density at radius 2 is 2.19 bits per heavy atom. The molecule has 1 saturated heterocycles. The van der Waals surface area contributed by atoms with E-state index >= 15 is 0 Å². The maximum atomic E-state index is 11.6. The maximum Gasteiger partial charge on any atom is 0.228 e. The van der Waals surface area contributed by atoms with E-state index < -0.39 is 0 Å². The summed E-state index contributed by atoms with van der Waals surface area (Å²) < 4.78 is 7.44. The number of hydrogen-bond acceptors (Lipinski definition) is 8. The number of aromatic nitrogens is 5. The number of ether oxygens (including phenoxy) is 1. The summed E-state index contributed by atoms with van der Waals surface area (Å²) in [4.78, 5) is 27.7. The summed E-state index contributed by atoms with van der Waals surface area (Å²) in [7, 11) is 0. The van der Waals surface area contributed by atoms with Crippen LogP contribution in [0, 0.1) is 5.92 Å². The number of amides is 1. The summed E-state index contributed by atoms with van der Waals surface area (Å²) in [6, 6.07) is 5.66. The zero-order valence-electron chi connectivity index (χ0n) is 17.9. The second kappa shape index (κ2) is 9.25. The Labute approximate surface area is 180 Å². The van der Waals surface area contributed by atoms with Gasteiger partial charge in [-0.25, -0.2) is 9.97 Å². The highest BCUT2D eigenvalue weighted by atomic mass is 16.5. The van der Waals surface area contributed by atoms with Crippen LogP contribution in [0.3, 0.4) is 0 Å². The molecule has 0 aliphatic carbocycles. The summed E-state index contributed by atoms with van der Waals surface area (Å²) in [5.41, 5.74) is 8.02. The van der Waals surface area contributed by atoms with Crippen molar-refractivity contribution in [1.29, 1.82) is 0 Å². The molecular weight excluding hydrogens is 396 g/mol. The van der Waals surface area contributed by atoms with Gasteiger partial charge in [0.25, 0.3) is 0 Å². The van der Waals surface area contributed by atoms with Crippen molar-refractivity contribution in [2.75, 3.05) is 36.5 Å². The first kappa shape index (κ1) is 21.0. The number of anilines is 3. The number of carbonyl (C=O) groups is 1. The number of nitrogens with two attached hydrogens (primary N) is 1. The number of pyridine rings is 1. The topological polar surface area (TPSA) is 124 Å². The summed E-state index contributed by atoms with van der Waals surface area (Å²) in [6.07, 6.45) is 3.17. The van der Waals surface area contributed by atoms with Crippen LogP contribution in [0.2, 0.25) is 0 Å². The number of fused-ring (bicyclic) bond motifs is 1. The lowest BCUT2D eigenvalue weighted by Gasteiger charge is -2.18. The fourth-order valence-corrected chi connectivity index (χ4v) is 3.79. The van der Waals surface area contributed by atoms with Crippen molar-refractivity contribution in [3.05, 3.63) is 30.1 Å². The quantitative estimate of drug-likeness (QED) is 0.499. The van der Waals surface area contributed by atoms with Crippen molar-refractivity contribution >= 4 is 34.5 Å². The van der Waals surface area contributed by atoms with E-state index in [2.05, 4.69) is 17.2 Å². The third-order valence-electron chi connectivity index (χ3n) is 5.42. The first-order valence-corrected chi connectivity index (χ1v) is 10.7. The SMILES string of the molecule is CCOCCn1nc(CC)c2nc(N3CC[C@@H](C(N)=O)C3)nc(Nc3ccccn3)c21. The molecule has 4 rings (SSSR count). The van der Waals surface area contributed by atoms with Gasteiger partial charge in [0.15, 0.2) is 5.82 Å². The molecule has 0 spiro atoms. The van der Waals surface area contributed by atoms with E-state index in [1.165, 1.54) is 0 Å². The average Bonchev–Trinajstić information content (AvgIpc) is 3.40. The van der Waals surface area contributed by atoms with Gasteiger partial charge in [-0.15, -0.1) is 0 Å². The third-order valence-corrected chi connectivity index (χ3v) is 5.42. The first-order valence-electron chi connectivity index (χ1n) is 10.7. The number of hydrogen-bond donors (Lipinski definition) is 2. The molecule has 0 saturated carbocycles. The zero-order chi connectivity index (χ0) is 21.8. The van der Waals surface area contributed by atoms with Gasteiger partial charge in [-0.05, 0) is 31.9 Å². The van der Waals surface area contributed by atoms with Crippen LogP contribution in [0.5, 0.6) is 0 Å². The number of aryl methyl sites for hydroxylation is 1. The number of rotatable bonds is 9. The molecule has 1 aliphatic heterocycles. The van der Waals surface area contributed by atoms with Gasteiger partial charge in [-0.2, -0.15) is 10.1 Å². The van der Waals surface area contributed by atoms with E-state index in [4.69, 9.17) is 25.5 Å². The minimum absolute atomic E-state index is 0.189. The second-order valence-corrected chi connectivity index (χ2v) is 7.46. The molecule has 1 amide bonds. The molecule has 3 aromatic rings. The Kier molecular flexibility index (Phi) is 6.26. The van der Waals surface area contributed by atoms with E-state index in [1.807, 2.05) is 34.7 Å². The van der Waals surface area contributed by atoms with E-state index in [0.29, 0.717) is 56.9 Å². The Hall–Kier alpha value is -3.27. The van der Waals surface area contributed by atoms with Crippen LogP contribution in [-0.2, 0) is 22.5 Å². The lowest BCUT2D eigenvalue weighted by molar-refractivity contribution is -0.121. The molecule has 10 heteroatoms. The molecule has 0 bridgehead atoms. The van der Waals surface area contributed by atoms with E-state index in [-0.39, 0.29) is 11.8 Å². The standard InChI is InChI=1S/C21H28N8O2/c1-3-15-17-18(29(27-15)11-12-31-4-2)20(24-16-7-5-6-9-23-16)26-21(25-17)28-10-8-14(13-28)19(22)30/h5-7,9,14H,3-4,8,10-13H2,1-2H3,(H2,22,30)(H,23,24,25,26)/t14-/m1/s1. The van der Waals surface area contributed by atoms with E-state index in [9.17, 15) is 4.79 Å². The van der Waals surface area contributed by atoms with Gasteiger partial charge in [0.2, 0.25) is 11.9 Å². The molecule has 1 atom stereocenters. The van der Waals surface area contributed by atoms with Crippen molar-refractivity contribution in [1.82, 2.24) is 24.7 Å². The summed E-state index contributed by atoms with van der Waals surface area (Å²) in [5.74, 6) is 1.40. The third kappa shape index (κ3) is 4.43. The minimum atomic E-state index is -0.284. The molecule has 0 radical (unpaired) electrons. The highest BCUT2D eigenvalue weighted by Gasteiger charge is 2.29. The highest BCUT2D eigenvalue weighted by molar-refractivity contribution is 5.90. The van der Waals surface area contributed by atoms with E-state index in [0.717, 1.165) is 23.1 Å². The molecular formula is C21H28N8O2. The number of carbonyl (C=O) groups excluding carboxylic acids is 1. The summed E-state index contributed by atoms with van der Waals surface area (Å²) in [5, 5.41) is 8.10. The molecule has 10 nitrogen and oxygen atoms in total. The molecule has 1 fully saturated rings. The van der Waals surface area contributed by atoms with Crippen molar-refractivity contribution in [2.24, 2.45) is 11.7 Å². The normalized spacial score (nSPS) is 16.2. The van der Waals surface area contributed by atoms with Gasteiger partial charge in [-0.1, -0.05) is 13.0 Å². The Bertz CT molecular complexity index is 1050. The van der Waals surface area contributed by atoms with Crippen LogP contribution in [0.1, 0.15) is 26.0 Å². The first-order chi connectivity index (χ1) is 15.1. The Morgan fingerprint density at radius 1 is 1.32 bits per heavy atom. The van der Waals surface area contributed by atoms with Gasteiger partial charge in [0, 0.05) is 25.9 Å². The minimum Gasteiger partial charge on any atom is -0.380 e. The predicted octanol–water partition coefficient (Wildman–Crippen LogP) is 1.88. The summed E-state index contributed by atoms with van der Waals surface area (Å²) >= 11 is 0. The number of nitrogens with one attached hydrogen (secondary N) is 1. The monoisotopic (exact) mass is 424 g/mol. The number of primary amides is 1. The Morgan fingerprint density at radius 3 is 2.87 bits per heavy atom. The lowest BCUT2D eigenvalue weighted by atomic mass is 10.1. The van der Waals surface area contributed by atoms with Crippen molar-refractivity contribution in [3.63, 3.8) is 0 Å². The molecule has 3 aromatic heterocycles. The van der Waals surface area contributed by atoms with Gasteiger partial charge in [-0.3, -0.25) is 9.48 Å². The van der Waals surface area contributed by atoms with Gasteiger partial charge in [0.1, 0.15) is 16.9 Å². The smallest absolute Gasteiger partial charge is 0.228 e. The van der Waals surface area contributed by atoms with Crippen LogP contribution >= 0.6 is 0 Å². The van der Waals surface area contributed by atoms with Gasteiger partial charge in [0.05, 0.1) is 24.8 Å². The Balaban J connectivity index is 1.79. The van der Waals surface area contributed by atoms with Gasteiger partial charge < -0.3 is 20.7 Å². The zero-order valence-corrected chi connectivity index (χ0v) is 17.9.